The third kappa shape index (κ3) is 5.21. The highest BCUT2D eigenvalue weighted by Gasteiger charge is 2.37. The number of hydrogen-bond acceptors (Lipinski definition) is 3. The molecule has 1 unspecified atom stereocenters. The van der Waals surface area contributed by atoms with Gasteiger partial charge in [0.25, 0.3) is 0 Å². The lowest BCUT2D eigenvalue weighted by Gasteiger charge is -2.37. The maximum Gasteiger partial charge on any atom is 0.303 e. The maximum atomic E-state index is 11.1. The highest BCUT2D eigenvalue weighted by atomic mass is 16.4. The van der Waals surface area contributed by atoms with Gasteiger partial charge in [0.1, 0.15) is 0 Å². The predicted octanol–water partition coefficient (Wildman–Crippen LogP) is 4.46. The zero-order valence-corrected chi connectivity index (χ0v) is 16.2. The van der Waals surface area contributed by atoms with Gasteiger partial charge in [0.05, 0.1) is 11.5 Å². The van der Waals surface area contributed by atoms with Crippen LogP contribution in [0.3, 0.4) is 0 Å². The number of carbonyl (C=O) groups is 1. The molecule has 0 radical (unpaired) electrons. The number of nitrogens with one attached hydrogen (secondary N) is 1. The van der Waals surface area contributed by atoms with E-state index in [9.17, 15) is 10.1 Å². The molecule has 1 fully saturated rings. The number of carboxylic acid groups (broad SMARTS) is 1. The molecule has 0 aliphatic heterocycles. The lowest BCUT2D eigenvalue weighted by Crippen LogP contribution is -2.44. The second-order valence-corrected chi connectivity index (χ2v) is 7.82. The third-order valence-electron chi connectivity index (χ3n) is 5.88. The van der Waals surface area contributed by atoms with Crippen LogP contribution < -0.4 is 5.32 Å². The summed E-state index contributed by atoms with van der Waals surface area (Å²) in [5.74, 6) is -0.754. The Kier molecular flexibility index (Phi) is 6.84. The quantitative estimate of drug-likeness (QED) is 0.713. The molecule has 0 spiro atoms. The summed E-state index contributed by atoms with van der Waals surface area (Å²) in [5, 5.41) is 22.7. The molecule has 2 aromatic rings. The molecule has 4 nitrogen and oxygen atoms in total. The van der Waals surface area contributed by atoms with Gasteiger partial charge in [-0.1, -0.05) is 60.7 Å². The van der Waals surface area contributed by atoms with Crippen LogP contribution in [0, 0.1) is 11.3 Å². The van der Waals surface area contributed by atoms with Gasteiger partial charge in [-0.05, 0) is 49.7 Å². The molecule has 2 aromatic carbocycles. The summed E-state index contributed by atoms with van der Waals surface area (Å²) < 4.78 is 0. The molecule has 1 aliphatic carbocycles. The fourth-order valence-electron chi connectivity index (χ4n) is 4.27. The topological polar surface area (TPSA) is 73.1 Å². The Morgan fingerprint density at radius 1 is 1.11 bits per heavy atom. The summed E-state index contributed by atoms with van der Waals surface area (Å²) in [6.45, 7) is 0. The SMILES string of the molecule is N#CC1(c2ccccc2)CCC(NC(CCC(=O)O)Cc2ccccc2)CC1. The molecular formula is C24H28N2O2. The van der Waals surface area contributed by atoms with E-state index < -0.39 is 11.4 Å². The lowest BCUT2D eigenvalue weighted by atomic mass is 9.69. The van der Waals surface area contributed by atoms with Crippen LogP contribution in [-0.2, 0) is 16.6 Å². The van der Waals surface area contributed by atoms with Gasteiger partial charge < -0.3 is 10.4 Å². The van der Waals surface area contributed by atoms with Crippen molar-refractivity contribution in [1.82, 2.24) is 5.32 Å². The molecule has 0 bridgehead atoms. The normalized spacial score (nSPS) is 22.9. The third-order valence-corrected chi connectivity index (χ3v) is 5.88. The van der Waals surface area contributed by atoms with Crippen LogP contribution in [0.5, 0.6) is 0 Å². The Bertz CT molecular complexity index is 790. The molecule has 1 atom stereocenters. The van der Waals surface area contributed by atoms with E-state index in [4.69, 9.17) is 5.11 Å². The highest BCUT2D eigenvalue weighted by molar-refractivity contribution is 5.66. The van der Waals surface area contributed by atoms with E-state index in [2.05, 4.69) is 35.7 Å². The molecule has 0 aromatic heterocycles. The predicted molar refractivity (Wildman–Crippen MR) is 110 cm³/mol. The fourth-order valence-corrected chi connectivity index (χ4v) is 4.27. The number of rotatable bonds is 8. The second kappa shape index (κ2) is 9.52. The molecule has 28 heavy (non-hydrogen) atoms. The van der Waals surface area contributed by atoms with Crippen molar-refractivity contribution < 1.29 is 9.90 Å². The van der Waals surface area contributed by atoms with Crippen molar-refractivity contribution in [1.29, 1.82) is 5.26 Å². The lowest BCUT2D eigenvalue weighted by molar-refractivity contribution is -0.137. The van der Waals surface area contributed by atoms with Gasteiger partial charge in [0.15, 0.2) is 0 Å². The number of aliphatic carboxylic acids is 1. The van der Waals surface area contributed by atoms with Crippen LogP contribution >= 0.6 is 0 Å². The summed E-state index contributed by atoms with van der Waals surface area (Å²) in [4.78, 5) is 11.1. The minimum absolute atomic E-state index is 0.134. The van der Waals surface area contributed by atoms with Gasteiger partial charge in [-0.2, -0.15) is 5.26 Å². The summed E-state index contributed by atoms with van der Waals surface area (Å²) >= 11 is 0. The summed E-state index contributed by atoms with van der Waals surface area (Å²) in [6.07, 6.45) is 5.14. The first kappa shape index (κ1) is 20.1. The van der Waals surface area contributed by atoms with Crippen molar-refractivity contribution in [2.45, 2.75) is 62.4 Å². The zero-order chi connectivity index (χ0) is 19.8. The van der Waals surface area contributed by atoms with Crippen LogP contribution in [0.4, 0.5) is 0 Å². The Labute approximate surface area is 167 Å². The fraction of sp³-hybridized carbons (Fsp3) is 0.417. The van der Waals surface area contributed by atoms with Crippen LogP contribution in [0.25, 0.3) is 0 Å². The van der Waals surface area contributed by atoms with Crippen molar-refractivity contribution in [2.24, 2.45) is 0 Å². The van der Waals surface area contributed by atoms with Gasteiger partial charge in [0, 0.05) is 18.5 Å². The molecule has 0 amide bonds. The first-order chi connectivity index (χ1) is 13.6. The number of benzene rings is 2. The Morgan fingerprint density at radius 3 is 2.29 bits per heavy atom. The van der Waals surface area contributed by atoms with Crippen LogP contribution in [0.1, 0.15) is 49.7 Å². The Balaban J connectivity index is 1.62. The first-order valence-corrected chi connectivity index (χ1v) is 10.1. The van der Waals surface area contributed by atoms with E-state index in [1.165, 1.54) is 5.56 Å². The largest absolute Gasteiger partial charge is 0.481 e. The molecule has 4 heteroatoms. The van der Waals surface area contributed by atoms with Gasteiger partial charge in [-0.3, -0.25) is 4.79 Å². The van der Waals surface area contributed by atoms with Crippen LogP contribution in [0.2, 0.25) is 0 Å². The maximum absolute atomic E-state index is 11.1. The van der Waals surface area contributed by atoms with Gasteiger partial charge in [-0.15, -0.1) is 0 Å². The molecule has 0 heterocycles. The van der Waals surface area contributed by atoms with Crippen molar-refractivity contribution in [3.8, 4) is 6.07 Å². The Hall–Kier alpha value is -2.64. The van der Waals surface area contributed by atoms with Crippen LogP contribution in [0.15, 0.2) is 60.7 Å². The van der Waals surface area contributed by atoms with Gasteiger partial charge in [-0.25, -0.2) is 0 Å². The van der Waals surface area contributed by atoms with Crippen molar-refractivity contribution in [2.75, 3.05) is 0 Å². The van der Waals surface area contributed by atoms with E-state index in [1.807, 2.05) is 36.4 Å². The minimum Gasteiger partial charge on any atom is -0.481 e. The van der Waals surface area contributed by atoms with Crippen molar-refractivity contribution >= 4 is 5.97 Å². The average Bonchev–Trinajstić information content (AvgIpc) is 2.74. The number of nitrogens with zero attached hydrogens (tertiary/aromatic N) is 1. The van der Waals surface area contributed by atoms with Gasteiger partial charge >= 0.3 is 5.97 Å². The second-order valence-electron chi connectivity index (χ2n) is 7.82. The summed E-state index contributed by atoms with van der Waals surface area (Å²) in [5.41, 5.74) is 1.94. The monoisotopic (exact) mass is 376 g/mol. The molecule has 2 N–H and O–H groups in total. The van der Waals surface area contributed by atoms with Gasteiger partial charge in [0.2, 0.25) is 0 Å². The first-order valence-electron chi connectivity index (χ1n) is 10.1. The van der Waals surface area contributed by atoms with E-state index in [1.54, 1.807) is 0 Å². The number of carboxylic acids is 1. The molecule has 0 saturated heterocycles. The zero-order valence-electron chi connectivity index (χ0n) is 16.2. The summed E-state index contributed by atoms with van der Waals surface area (Å²) in [7, 11) is 0. The molecule has 3 rings (SSSR count). The number of nitriles is 1. The van der Waals surface area contributed by atoms with E-state index in [-0.39, 0.29) is 12.5 Å². The molecule has 146 valence electrons. The van der Waals surface area contributed by atoms with Crippen molar-refractivity contribution in [3.05, 3.63) is 71.8 Å². The smallest absolute Gasteiger partial charge is 0.303 e. The van der Waals surface area contributed by atoms with Crippen LogP contribution in [-0.4, -0.2) is 23.2 Å². The average molecular weight is 377 g/mol. The molecular weight excluding hydrogens is 348 g/mol. The van der Waals surface area contributed by atoms with E-state index in [0.717, 1.165) is 37.7 Å². The molecule has 1 saturated carbocycles. The standard InChI is InChI=1S/C24H28N2O2/c25-18-24(20-9-5-2-6-10-20)15-13-21(14-16-24)26-22(11-12-23(27)28)17-19-7-3-1-4-8-19/h1-10,21-22,26H,11-17H2,(H,27,28). The number of hydrogen-bond donors (Lipinski definition) is 2. The highest BCUT2D eigenvalue weighted by Crippen LogP contribution is 2.39. The van der Waals surface area contributed by atoms with E-state index in [0.29, 0.717) is 12.5 Å². The Morgan fingerprint density at radius 2 is 1.71 bits per heavy atom. The van der Waals surface area contributed by atoms with E-state index >= 15 is 0 Å². The minimum atomic E-state index is -0.754. The van der Waals surface area contributed by atoms with Crippen molar-refractivity contribution in [3.63, 3.8) is 0 Å². The molecule has 1 aliphatic rings. The summed E-state index contributed by atoms with van der Waals surface area (Å²) in [6, 6.07) is 23.4.